The highest BCUT2D eigenvalue weighted by molar-refractivity contribution is 5.79. The summed E-state index contributed by atoms with van der Waals surface area (Å²) in [5, 5.41) is 6.12. The first-order valence-electron chi connectivity index (χ1n) is 6.86. The number of hydrogen-bond donors (Lipinski definition) is 2. The molecular weight excluding hydrogens is 240 g/mol. The maximum absolute atomic E-state index is 11.8. The van der Waals surface area contributed by atoms with Gasteiger partial charge in [-0.15, -0.1) is 0 Å². The van der Waals surface area contributed by atoms with Gasteiger partial charge >= 0.3 is 0 Å². The second-order valence-corrected chi connectivity index (χ2v) is 5.05. The summed E-state index contributed by atoms with van der Waals surface area (Å²) in [5.74, 6) is 1.19. The average Bonchev–Trinajstić information content (AvgIpc) is 2.91. The lowest BCUT2D eigenvalue weighted by Gasteiger charge is -2.13. The number of carbonyl (C=O) groups is 1. The standard InChI is InChI=1S/C15H22N2O2/c1-11-4-3-5-12(2)14(11)19-9-8-17-15(18)13-6-7-16-10-13/h3-5,13,16H,6-10H2,1-2H3,(H,17,18). The first kappa shape index (κ1) is 13.9. The van der Waals surface area contributed by atoms with E-state index in [1.54, 1.807) is 0 Å². The molecule has 1 amide bonds. The SMILES string of the molecule is Cc1cccc(C)c1OCCNC(=O)C1CCNC1. The second kappa shape index (κ2) is 6.57. The summed E-state index contributed by atoms with van der Waals surface area (Å²) in [7, 11) is 0. The van der Waals surface area contributed by atoms with Gasteiger partial charge in [-0.2, -0.15) is 0 Å². The van der Waals surface area contributed by atoms with Crippen LogP contribution in [0.25, 0.3) is 0 Å². The molecule has 1 saturated heterocycles. The van der Waals surface area contributed by atoms with Gasteiger partial charge in [-0.1, -0.05) is 18.2 Å². The zero-order valence-corrected chi connectivity index (χ0v) is 11.7. The lowest BCUT2D eigenvalue weighted by Crippen LogP contribution is -2.34. The normalized spacial score (nSPS) is 18.3. The summed E-state index contributed by atoms with van der Waals surface area (Å²) in [4.78, 5) is 11.8. The first-order valence-corrected chi connectivity index (χ1v) is 6.86. The molecule has 1 unspecified atom stereocenters. The summed E-state index contributed by atoms with van der Waals surface area (Å²) in [6, 6.07) is 6.09. The fourth-order valence-corrected chi connectivity index (χ4v) is 2.38. The van der Waals surface area contributed by atoms with Crippen LogP contribution in [0, 0.1) is 19.8 Å². The Bertz CT molecular complexity index is 420. The molecule has 0 aliphatic carbocycles. The highest BCUT2D eigenvalue weighted by Gasteiger charge is 2.21. The van der Waals surface area contributed by atoms with E-state index in [2.05, 4.69) is 10.6 Å². The number of rotatable bonds is 5. The Morgan fingerprint density at radius 1 is 1.42 bits per heavy atom. The lowest BCUT2D eigenvalue weighted by atomic mass is 10.1. The third-order valence-electron chi connectivity index (χ3n) is 3.49. The van der Waals surface area contributed by atoms with Crippen LogP contribution in [0.5, 0.6) is 5.75 Å². The third-order valence-corrected chi connectivity index (χ3v) is 3.49. The quantitative estimate of drug-likeness (QED) is 0.789. The maximum atomic E-state index is 11.8. The van der Waals surface area contributed by atoms with E-state index in [9.17, 15) is 4.79 Å². The molecule has 0 radical (unpaired) electrons. The van der Waals surface area contributed by atoms with Gasteiger partial charge in [0.25, 0.3) is 0 Å². The van der Waals surface area contributed by atoms with Gasteiger partial charge in [-0.05, 0) is 37.9 Å². The van der Waals surface area contributed by atoms with Gasteiger partial charge in [0, 0.05) is 6.54 Å². The molecule has 0 bridgehead atoms. The van der Waals surface area contributed by atoms with Crippen LogP contribution in [0.15, 0.2) is 18.2 Å². The monoisotopic (exact) mass is 262 g/mol. The molecule has 4 nitrogen and oxygen atoms in total. The van der Waals surface area contributed by atoms with Gasteiger partial charge in [-0.3, -0.25) is 4.79 Å². The van der Waals surface area contributed by atoms with Crippen molar-refractivity contribution in [2.45, 2.75) is 20.3 Å². The van der Waals surface area contributed by atoms with Crippen molar-refractivity contribution in [2.75, 3.05) is 26.2 Å². The van der Waals surface area contributed by atoms with Crippen LogP contribution in [-0.2, 0) is 4.79 Å². The predicted molar refractivity (Wildman–Crippen MR) is 75.4 cm³/mol. The minimum atomic E-state index is 0.125. The smallest absolute Gasteiger partial charge is 0.224 e. The van der Waals surface area contributed by atoms with Crippen molar-refractivity contribution >= 4 is 5.91 Å². The molecule has 1 aliphatic heterocycles. The average molecular weight is 262 g/mol. The van der Waals surface area contributed by atoms with Gasteiger partial charge in [0.15, 0.2) is 0 Å². The number of carbonyl (C=O) groups excluding carboxylic acids is 1. The van der Waals surface area contributed by atoms with Crippen LogP contribution < -0.4 is 15.4 Å². The van der Waals surface area contributed by atoms with Crippen LogP contribution in [0.1, 0.15) is 17.5 Å². The summed E-state index contributed by atoms with van der Waals surface area (Å²) >= 11 is 0. The van der Waals surface area contributed by atoms with Crippen molar-refractivity contribution in [3.05, 3.63) is 29.3 Å². The number of amides is 1. The summed E-state index contributed by atoms with van der Waals surface area (Å²) < 4.78 is 5.75. The molecule has 0 aromatic heterocycles. The minimum Gasteiger partial charge on any atom is -0.491 e. The topological polar surface area (TPSA) is 50.4 Å². The van der Waals surface area contributed by atoms with E-state index >= 15 is 0 Å². The molecule has 1 aromatic rings. The first-order chi connectivity index (χ1) is 9.18. The minimum absolute atomic E-state index is 0.125. The molecule has 4 heteroatoms. The van der Waals surface area contributed by atoms with Gasteiger partial charge in [0.2, 0.25) is 5.91 Å². The summed E-state index contributed by atoms with van der Waals surface area (Å²) in [6.07, 6.45) is 0.934. The summed E-state index contributed by atoms with van der Waals surface area (Å²) in [6.45, 7) is 6.87. The molecule has 1 aromatic carbocycles. The Morgan fingerprint density at radius 2 is 2.16 bits per heavy atom. The van der Waals surface area contributed by atoms with Crippen LogP contribution in [0.4, 0.5) is 0 Å². The highest BCUT2D eigenvalue weighted by Crippen LogP contribution is 2.21. The Morgan fingerprint density at radius 3 is 2.79 bits per heavy atom. The van der Waals surface area contributed by atoms with E-state index in [0.717, 1.165) is 36.4 Å². The fraction of sp³-hybridized carbons (Fsp3) is 0.533. The van der Waals surface area contributed by atoms with E-state index in [1.165, 1.54) is 0 Å². The van der Waals surface area contributed by atoms with E-state index in [1.807, 2.05) is 32.0 Å². The van der Waals surface area contributed by atoms with E-state index in [4.69, 9.17) is 4.74 Å². The van der Waals surface area contributed by atoms with Crippen molar-refractivity contribution in [1.82, 2.24) is 10.6 Å². The highest BCUT2D eigenvalue weighted by atomic mass is 16.5. The van der Waals surface area contributed by atoms with Crippen molar-refractivity contribution < 1.29 is 9.53 Å². The van der Waals surface area contributed by atoms with Gasteiger partial charge in [0.05, 0.1) is 12.5 Å². The molecule has 2 N–H and O–H groups in total. The third kappa shape index (κ3) is 3.70. The number of para-hydroxylation sites is 1. The maximum Gasteiger partial charge on any atom is 0.224 e. The molecule has 2 rings (SSSR count). The molecule has 1 heterocycles. The zero-order chi connectivity index (χ0) is 13.7. The van der Waals surface area contributed by atoms with Crippen LogP contribution in [0.2, 0.25) is 0 Å². The Balaban J connectivity index is 1.73. The van der Waals surface area contributed by atoms with E-state index in [-0.39, 0.29) is 11.8 Å². The second-order valence-electron chi connectivity index (χ2n) is 5.05. The largest absolute Gasteiger partial charge is 0.491 e. The fourth-order valence-electron chi connectivity index (χ4n) is 2.38. The molecule has 1 atom stereocenters. The van der Waals surface area contributed by atoms with Gasteiger partial charge in [-0.25, -0.2) is 0 Å². The molecule has 1 fully saturated rings. The van der Waals surface area contributed by atoms with Crippen LogP contribution in [-0.4, -0.2) is 32.1 Å². The van der Waals surface area contributed by atoms with Crippen molar-refractivity contribution in [3.8, 4) is 5.75 Å². The van der Waals surface area contributed by atoms with Crippen LogP contribution in [0.3, 0.4) is 0 Å². The van der Waals surface area contributed by atoms with Crippen LogP contribution >= 0.6 is 0 Å². The number of benzene rings is 1. The van der Waals surface area contributed by atoms with Crippen molar-refractivity contribution in [2.24, 2.45) is 5.92 Å². The van der Waals surface area contributed by atoms with Crippen molar-refractivity contribution in [3.63, 3.8) is 0 Å². The Hall–Kier alpha value is -1.55. The van der Waals surface area contributed by atoms with Crippen molar-refractivity contribution in [1.29, 1.82) is 0 Å². The molecule has 0 spiro atoms. The molecule has 1 aliphatic rings. The number of hydrogen-bond acceptors (Lipinski definition) is 3. The zero-order valence-electron chi connectivity index (χ0n) is 11.7. The summed E-state index contributed by atoms with van der Waals surface area (Å²) in [5.41, 5.74) is 2.26. The Kier molecular flexibility index (Phi) is 4.80. The Labute approximate surface area is 114 Å². The van der Waals surface area contributed by atoms with E-state index < -0.39 is 0 Å². The molecular formula is C15H22N2O2. The van der Waals surface area contributed by atoms with Gasteiger partial charge in [0.1, 0.15) is 12.4 Å². The van der Waals surface area contributed by atoms with Gasteiger partial charge < -0.3 is 15.4 Å². The molecule has 0 saturated carbocycles. The number of aryl methyl sites for hydroxylation is 2. The van der Waals surface area contributed by atoms with E-state index in [0.29, 0.717) is 13.2 Å². The number of ether oxygens (including phenoxy) is 1. The molecule has 104 valence electrons. The number of nitrogens with one attached hydrogen (secondary N) is 2. The lowest BCUT2D eigenvalue weighted by molar-refractivity contribution is -0.124. The predicted octanol–water partition coefficient (Wildman–Crippen LogP) is 1.41. The molecule has 19 heavy (non-hydrogen) atoms.